The van der Waals surface area contributed by atoms with Gasteiger partial charge in [0.2, 0.25) is 5.91 Å². The van der Waals surface area contributed by atoms with Crippen molar-refractivity contribution in [3.05, 3.63) is 47.3 Å². The smallest absolute Gasteiger partial charge is 0.227 e. The largest absolute Gasteiger partial charge is 0.497 e. The van der Waals surface area contributed by atoms with Crippen LogP contribution in [0, 0.1) is 0 Å². The molecular weight excluding hydrogens is 304 g/mol. The fourth-order valence-corrected chi connectivity index (χ4v) is 3.28. The third-order valence-corrected chi connectivity index (χ3v) is 4.48. The molecule has 1 saturated heterocycles. The Kier molecular flexibility index (Phi) is 5.18. The van der Waals surface area contributed by atoms with Crippen LogP contribution in [0.1, 0.15) is 49.2 Å². The van der Waals surface area contributed by atoms with Crippen molar-refractivity contribution in [2.75, 3.05) is 13.7 Å². The zero-order chi connectivity index (χ0) is 16.9. The highest BCUT2D eigenvalue weighted by atomic mass is 16.5. The Bertz CT molecular complexity index is 695. The molecule has 2 aromatic rings. The highest BCUT2D eigenvalue weighted by Gasteiger charge is 2.32. The maximum absolute atomic E-state index is 12.8. The molecule has 24 heavy (non-hydrogen) atoms. The van der Waals surface area contributed by atoms with Gasteiger partial charge in [0.1, 0.15) is 17.2 Å². The van der Waals surface area contributed by atoms with Gasteiger partial charge in [0.15, 0.2) is 0 Å². The topological polar surface area (TPSA) is 55.6 Å². The molecule has 0 saturated carbocycles. The minimum Gasteiger partial charge on any atom is -0.497 e. The number of carbonyl (C=O) groups excluding carboxylic acids is 1. The number of benzene rings is 1. The Labute approximate surface area is 142 Å². The van der Waals surface area contributed by atoms with Crippen molar-refractivity contribution in [1.29, 1.82) is 0 Å². The molecule has 5 heteroatoms. The molecule has 1 unspecified atom stereocenters. The molecule has 1 atom stereocenters. The summed E-state index contributed by atoms with van der Waals surface area (Å²) in [5.74, 6) is 1.81. The van der Waals surface area contributed by atoms with Gasteiger partial charge in [0.25, 0.3) is 0 Å². The lowest BCUT2D eigenvalue weighted by atomic mass is 10.1. The number of amides is 1. The summed E-state index contributed by atoms with van der Waals surface area (Å²) in [5, 5.41) is 4.19. The molecule has 1 fully saturated rings. The number of hydrogen-bond donors (Lipinski definition) is 0. The Morgan fingerprint density at radius 2 is 2.29 bits per heavy atom. The van der Waals surface area contributed by atoms with Crippen LogP contribution in [0.15, 0.2) is 34.9 Å². The van der Waals surface area contributed by atoms with E-state index in [-0.39, 0.29) is 11.9 Å². The molecule has 1 aromatic heterocycles. The van der Waals surface area contributed by atoms with Crippen LogP contribution >= 0.6 is 0 Å². The minimum atomic E-state index is 0.0393. The second-order valence-corrected chi connectivity index (χ2v) is 6.24. The van der Waals surface area contributed by atoms with Crippen LogP contribution in [0.4, 0.5) is 0 Å². The molecule has 5 nitrogen and oxygen atoms in total. The standard InChI is InChI=1S/C19H24N2O3/c1-3-6-16-13-17(20-24-16)18-9-5-10-21(18)19(22)12-14-7-4-8-15(11-14)23-2/h4,7-8,11,13,18H,3,5-6,9-10,12H2,1-2H3. The van der Waals surface area contributed by atoms with Gasteiger partial charge in [-0.1, -0.05) is 24.2 Å². The molecule has 0 spiro atoms. The van der Waals surface area contributed by atoms with Crippen LogP contribution in [0.2, 0.25) is 0 Å². The first-order valence-electron chi connectivity index (χ1n) is 8.59. The maximum atomic E-state index is 12.8. The number of nitrogens with zero attached hydrogens (tertiary/aromatic N) is 2. The molecule has 0 bridgehead atoms. The van der Waals surface area contributed by atoms with Crippen molar-refractivity contribution >= 4 is 5.91 Å². The van der Waals surface area contributed by atoms with E-state index < -0.39 is 0 Å². The van der Waals surface area contributed by atoms with Crippen LogP contribution < -0.4 is 4.74 Å². The highest BCUT2D eigenvalue weighted by Crippen LogP contribution is 2.32. The average molecular weight is 328 g/mol. The Morgan fingerprint density at radius 3 is 3.08 bits per heavy atom. The molecule has 1 aromatic carbocycles. The van der Waals surface area contributed by atoms with Crippen molar-refractivity contribution in [1.82, 2.24) is 10.1 Å². The van der Waals surface area contributed by atoms with Gasteiger partial charge < -0.3 is 14.2 Å². The van der Waals surface area contributed by atoms with Crippen LogP contribution in [0.5, 0.6) is 5.75 Å². The number of likely N-dealkylation sites (tertiary alicyclic amines) is 1. The second-order valence-electron chi connectivity index (χ2n) is 6.24. The molecule has 1 amide bonds. The molecule has 2 heterocycles. The zero-order valence-electron chi connectivity index (χ0n) is 14.3. The molecule has 128 valence electrons. The summed E-state index contributed by atoms with van der Waals surface area (Å²) in [4.78, 5) is 14.7. The predicted molar refractivity (Wildman–Crippen MR) is 90.9 cm³/mol. The van der Waals surface area contributed by atoms with E-state index in [0.717, 1.165) is 55.0 Å². The Morgan fingerprint density at radius 1 is 1.42 bits per heavy atom. The molecule has 1 aliphatic heterocycles. The van der Waals surface area contributed by atoms with Crippen molar-refractivity contribution in [2.24, 2.45) is 0 Å². The number of ether oxygens (including phenoxy) is 1. The first-order chi connectivity index (χ1) is 11.7. The van der Waals surface area contributed by atoms with E-state index in [1.807, 2.05) is 35.2 Å². The number of carbonyl (C=O) groups is 1. The van der Waals surface area contributed by atoms with E-state index in [9.17, 15) is 4.79 Å². The molecule has 0 N–H and O–H groups in total. The van der Waals surface area contributed by atoms with Crippen LogP contribution in [0.3, 0.4) is 0 Å². The number of aryl methyl sites for hydroxylation is 1. The normalized spacial score (nSPS) is 17.2. The van der Waals surface area contributed by atoms with Crippen LogP contribution in [0.25, 0.3) is 0 Å². The van der Waals surface area contributed by atoms with Crippen LogP contribution in [-0.4, -0.2) is 29.6 Å². The summed E-state index contributed by atoms with van der Waals surface area (Å²) in [7, 11) is 1.63. The van der Waals surface area contributed by atoms with Crippen molar-refractivity contribution in [2.45, 2.75) is 45.1 Å². The quantitative estimate of drug-likeness (QED) is 0.814. The minimum absolute atomic E-state index is 0.0393. The lowest BCUT2D eigenvalue weighted by Gasteiger charge is -2.23. The van der Waals surface area contributed by atoms with Crippen molar-refractivity contribution in [3.8, 4) is 5.75 Å². The first-order valence-corrected chi connectivity index (χ1v) is 8.59. The monoisotopic (exact) mass is 328 g/mol. The van der Waals surface area contributed by atoms with E-state index in [2.05, 4.69) is 12.1 Å². The number of aromatic nitrogens is 1. The van der Waals surface area contributed by atoms with Gasteiger partial charge in [-0.25, -0.2) is 0 Å². The van der Waals surface area contributed by atoms with E-state index in [1.54, 1.807) is 7.11 Å². The van der Waals surface area contributed by atoms with Gasteiger partial charge in [-0.3, -0.25) is 4.79 Å². The summed E-state index contributed by atoms with van der Waals surface area (Å²) in [5.41, 5.74) is 1.85. The van der Waals surface area contributed by atoms with Gasteiger partial charge in [0, 0.05) is 19.0 Å². The Hall–Kier alpha value is -2.30. The summed E-state index contributed by atoms with van der Waals surface area (Å²) < 4.78 is 10.6. The van der Waals surface area contributed by atoms with E-state index in [4.69, 9.17) is 9.26 Å². The third-order valence-electron chi connectivity index (χ3n) is 4.48. The van der Waals surface area contributed by atoms with Crippen molar-refractivity contribution in [3.63, 3.8) is 0 Å². The second kappa shape index (κ2) is 7.51. The number of methoxy groups -OCH3 is 1. The number of hydrogen-bond acceptors (Lipinski definition) is 4. The predicted octanol–water partition coefficient (Wildman–Crippen LogP) is 3.54. The molecular formula is C19H24N2O3. The van der Waals surface area contributed by atoms with E-state index in [0.29, 0.717) is 6.42 Å². The van der Waals surface area contributed by atoms with Gasteiger partial charge >= 0.3 is 0 Å². The van der Waals surface area contributed by atoms with Crippen molar-refractivity contribution < 1.29 is 14.1 Å². The maximum Gasteiger partial charge on any atom is 0.227 e. The molecule has 0 aliphatic carbocycles. The fourth-order valence-electron chi connectivity index (χ4n) is 3.28. The Balaban J connectivity index is 1.70. The van der Waals surface area contributed by atoms with Gasteiger partial charge in [-0.05, 0) is 37.0 Å². The fraction of sp³-hybridized carbons (Fsp3) is 0.474. The van der Waals surface area contributed by atoms with E-state index >= 15 is 0 Å². The number of rotatable bonds is 6. The summed E-state index contributed by atoms with van der Waals surface area (Å²) in [6.45, 7) is 2.89. The van der Waals surface area contributed by atoms with E-state index in [1.165, 1.54) is 0 Å². The highest BCUT2D eigenvalue weighted by molar-refractivity contribution is 5.79. The first kappa shape index (κ1) is 16.6. The summed E-state index contributed by atoms with van der Waals surface area (Å²) in [6.07, 6.45) is 4.25. The molecule has 1 aliphatic rings. The summed E-state index contributed by atoms with van der Waals surface area (Å²) in [6, 6.07) is 9.72. The van der Waals surface area contributed by atoms with Gasteiger partial charge in [-0.2, -0.15) is 0 Å². The van der Waals surface area contributed by atoms with Gasteiger partial charge in [0.05, 0.1) is 19.6 Å². The van der Waals surface area contributed by atoms with Gasteiger partial charge in [-0.15, -0.1) is 0 Å². The third kappa shape index (κ3) is 3.61. The zero-order valence-corrected chi connectivity index (χ0v) is 14.3. The lowest BCUT2D eigenvalue weighted by Crippen LogP contribution is -2.32. The average Bonchev–Trinajstić information content (AvgIpc) is 3.24. The SMILES string of the molecule is CCCc1cc(C2CCCN2C(=O)Cc2cccc(OC)c2)no1. The summed E-state index contributed by atoms with van der Waals surface area (Å²) >= 11 is 0. The van der Waals surface area contributed by atoms with Crippen LogP contribution in [-0.2, 0) is 17.6 Å². The molecule has 0 radical (unpaired) electrons. The molecule has 3 rings (SSSR count). The lowest BCUT2D eigenvalue weighted by molar-refractivity contribution is -0.131.